The Labute approximate surface area is 125 Å². The minimum atomic E-state index is 0.000798. The number of carbonyl (C=O) groups is 1. The van der Waals surface area contributed by atoms with Crippen LogP contribution in [0.1, 0.15) is 24.0 Å². The molecule has 0 aliphatic rings. The molecule has 4 heteroatoms. The molecule has 0 radical (unpaired) electrons. The molecule has 0 spiro atoms. The lowest BCUT2D eigenvalue weighted by atomic mass is 10.1. The highest BCUT2D eigenvalue weighted by atomic mass is 32.2. The van der Waals surface area contributed by atoms with Crippen LogP contribution in [0.4, 0.5) is 0 Å². The molecule has 1 unspecified atom stereocenters. The molecule has 0 saturated carbocycles. The van der Waals surface area contributed by atoms with Gasteiger partial charge >= 0.3 is 0 Å². The summed E-state index contributed by atoms with van der Waals surface area (Å²) in [5, 5.41) is 11.9. The zero-order chi connectivity index (χ0) is 14.8. The van der Waals surface area contributed by atoms with Crippen LogP contribution in [0.5, 0.6) is 0 Å². The average Bonchev–Trinajstić information content (AvgIpc) is 2.41. The van der Waals surface area contributed by atoms with Crippen LogP contribution in [0.2, 0.25) is 0 Å². The summed E-state index contributed by atoms with van der Waals surface area (Å²) in [4.78, 5) is 11.8. The number of thioether (sulfide) groups is 1. The van der Waals surface area contributed by atoms with E-state index in [4.69, 9.17) is 5.11 Å². The molecule has 0 aromatic heterocycles. The number of aliphatic hydroxyl groups is 1. The molecule has 1 aromatic rings. The fourth-order valence-electron chi connectivity index (χ4n) is 1.82. The minimum absolute atomic E-state index is 0.000798. The molecule has 0 aliphatic carbocycles. The van der Waals surface area contributed by atoms with Crippen molar-refractivity contribution in [2.24, 2.45) is 0 Å². The molecular formula is C16H23NO2S. The zero-order valence-corrected chi connectivity index (χ0v) is 13.0. The molecule has 1 aromatic carbocycles. The Morgan fingerprint density at radius 1 is 1.40 bits per heavy atom. The minimum Gasteiger partial charge on any atom is -0.396 e. The number of aryl methyl sites for hydroxylation is 1. The third-order valence-electron chi connectivity index (χ3n) is 2.90. The first kappa shape index (κ1) is 16.8. The van der Waals surface area contributed by atoms with E-state index in [9.17, 15) is 4.79 Å². The van der Waals surface area contributed by atoms with Gasteiger partial charge in [0.05, 0.1) is 0 Å². The first-order chi connectivity index (χ1) is 9.65. The maximum Gasteiger partial charge on any atom is 0.224 e. The number of hydrogen-bond donors (Lipinski definition) is 2. The Hall–Kier alpha value is -1.26. The second-order valence-electron chi connectivity index (χ2n) is 4.75. The van der Waals surface area contributed by atoms with Gasteiger partial charge in [0.1, 0.15) is 0 Å². The molecule has 1 rings (SSSR count). The van der Waals surface area contributed by atoms with Crippen molar-refractivity contribution in [3.05, 3.63) is 41.5 Å². The second-order valence-corrected chi connectivity index (χ2v) is 5.66. The van der Waals surface area contributed by atoms with Gasteiger partial charge < -0.3 is 10.4 Å². The monoisotopic (exact) mass is 293 g/mol. The summed E-state index contributed by atoms with van der Waals surface area (Å²) in [5.74, 6) is 0.828. The van der Waals surface area contributed by atoms with E-state index in [-0.39, 0.29) is 18.6 Å². The van der Waals surface area contributed by atoms with Crippen molar-refractivity contribution in [3.63, 3.8) is 0 Å². The van der Waals surface area contributed by atoms with Crippen LogP contribution >= 0.6 is 11.8 Å². The van der Waals surface area contributed by atoms with E-state index in [0.717, 1.165) is 11.3 Å². The second kappa shape index (κ2) is 9.61. The highest BCUT2D eigenvalue weighted by Gasteiger charge is 2.09. The van der Waals surface area contributed by atoms with Crippen molar-refractivity contribution in [1.29, 1.82) is 0 Å². The third kappa shape index (κ3) is 6.78. The largest absolute Gasteiger partial charge is 0.396 e. The molecule has 110 valence electrons. The number of rotatable bonds is 8. The van der Waals surface area contributed by atoms with Gasteiger partial charge in [-0.25, -0.2) is 0 Å². The molecule has 3 nitrogen and oxygen atoms in total. The lowest BCUT2D eigenvalue weighted by Gasteiger charge is -2.15. The Morgan fingerprint density at radius 2 is 2.10 bits per heavy atom. The van der Waals surface area contributed by atoms with Gasteiger partial charge in [0.15, 0.2) is 0 Å². The summed E-state index contributed by atoms with van der Waals surface area (Å²) in [6.45, 7) is 2.15. The van der Waals surface area contributed by atoms with E-state index in [0.29, 0.717) is 12.8 Å². The van der Waals surface area contributed by atoms with Crippen LogP contribution in [-0.2, 0) is 4.79 Å². The number of aliphatic hydroxyl groups excluding tert-OH is 1. The molecular weight excluding hydrogens is 270 g/mol. The van der Waals surface area contributed by atoms with Gasteiger partial charge in [-0.1, -0.05) is 42.0 Å². The quantitative estimate of drug-likeness (QED) is 0.774. The Bertz CT molecular complexity index is 423. The standard InChI is InChI=1S/C16H23NO2S/c1-13-6-8-14(9-7-13)4-3-5-16(19)17-15(10-11-18)12-20-2/h3-4,6-9,15,18H,5,10-12H2,1-2H3,(H,17,19)/b4-3+. The number of benzene rings is 1. The summed E-state index contributed by atoms with van der Waals surface area (Å²) in [6.07, 6.45) is 6.79. The summed E-state index contributed by atoms with van der Waals surface area (Å²) < 4.78 is 0. The topological polar surface area (TPSA) is 49.3 Å². The fraction of sp³-hybridized carbons (Fsp3) is 0.438. The summed E-state index contributed by atoms with van der Waals surface area (Å²) in [5.41, 5.74) is 2.32. The SMILES string of the molecule is CSCC(CCO)NC(=O)C/C=C/c1ccc(C)cc1. The number of hydrogen-bond acceptors (Lipinski definition) is 3. The van der Waals surface area contributed by atoms with Crippen LogP contribution in [0.3, 0.4) is 0 Å². The van der Waals surface area contributed by atoms with Crippen molar-refractivity contribution >= 4 is 23.7 Å². The van der Waals surface area contributed by atoms with Gasteiger partial charge in [0.25, 0.3) is 0 Å². The van der Waals surface area contributed by atoms with Gasteiger partial charge in [0.2, 0.25) is 5.91 Å². The predicted octanol–water partition coefficient (Wildman–Crippen LogP) is 2.63. The lowest BCUT2D eigenvalue weighted by Crippen LogP contribution is -2.36. The van der Waals surface area contributed by atoms with Crippen LogP contribution in [0.25, 0.3) is 6.08 Å². The van der Waals surface area contributed by atoms with Gasteiger partial charge in [-0.2, -0.15) is 11.8 Å². The number of amides is 1. The zero-order valence-electron chi connectivity index (χ0n) is 12.1. The third-order valence-corrected chi connectivity index (χ3v) is 3.64. The highest BCUT2D eigenvalue weighted by Crippen LogP contribution is 2.06. The van der Waals surface area contributed by atoms with Crippen molar-refractivity contribution in [1.82, 2.24) is 5.32 Å². The van der Waals surface area contributed by atoms with Crippen LogP contribution in [-0.4, -0.2) is 35.7 Å². The molecule has 0 fully saturated rings. The van der Waals surface area contributed by atoms with Crippen molar-refractivity contribution in [2.45, 2.75) is 25.8 Å². The molecule has 0 saturated heterocycles. The van der Waals surface area contributed by atoms with Crippen molar-refractivity contribution < 1.29 is 9.90 Å². The fourth-order valence-corrected chi connectivity index (χ4v) is 2.47. The van der Waals surface area contributed by atoms with Crippen molar-refractivity contribution in [2.75, 3.05) is 18.6 Å². The first-order valence-electron chi connectivity index (χ1n) is 6.78. The number of carbonyl (C=O) groups excluding carboxylic acids is 1. The van der Waals surface area contributed by atoms with E-state index < -0.39 is 0 Å². The molecule has 0 bridgehead atoms. The Balaban J connectivity index is 2.39. The van der Waals surface area contributed by atoms with Crippen molar-refractivity contribution in [3.8, 4) is 0 Å². The van der Waals surface area contributed by atoms with Gasteiger partial charge in [-0.05, 0) is 25.2 Å². The van der Waals surface area contributed by atoms with E-state index in [1.807, 2.05) is 37.5 Å². The predicted molar refractivity (Wildman–Crippen MR) is 86.8 cm³/mol. The first-order valence-corrected chi connectivity index (χ1v) is 8.17. The summed E-state index contributed by atoms with van der Waals surface area (Å²) in [6, 6.07) is 8.22. The maximum atomic E-state index is 11.8. The Kier molecular flexibility index (Phi) is 8.07. The van der Waals surface area contributed by atoms with E-state index in [1.165, 1.54) is 5.56 Å². The average molecular weight is 293 g/mol. The van der Waals surface area contributed by atoms with E-state index in [2.05, 4.69) is 17.4 Å². The van der Waals surface area contributed by atoms with Crippen LogP contribution in [0, 0.1) is 6.92 Å². The smallest absolute Gasteiger partial charge is 0.224 e. The molecule has 2 N–H and O–H groups in total. The van der Waals surface area contributed by atoms with Crippen LogP contribution in [0.15, 0.2) is 30.3 Å². The number of nitrogens with one attached hydrogen (secondary N) is 1. The molecule has 0 aliphatic heterocycles. The van der Waals surface area contributed by atoms with Gasteiger partial charge in [-0.15, -0.1) is 0 Å². The molecule has 1 atom stereocenters. The Morgan fingerprint density at radius 3 is 2.70 bits per heavy atom. The van der Waals surface area contributed by atoms with E-state index >= 15 is 0 Å². The summed E-state index contributed by atoms with van der Waals surface area (Å²) >= 11 is 1.67. The summed E-state index contributed by atoms with van der Waals surface area (Å²) in [7, 11) is 0. The maximum absolute atomic E-state index is 11.8. The normalized spacial score (nSPS) is 12.6. The van der Waals surface area contributed by atoms with Gasteiger partial charge in [0, 0.05) is 24.8 Å². The highest BCUT2D eigenvalue weighted by molar-refractivity contribution is 7.98. The molecule has 0 heterocycles. The molecule has 1 amide bonds. The van der Waals surface area contributed by atoms with Gasteiger partial charge in [-0.3, -0.25) is 4.79 Å². The van der Waals surface area contributed by atoms with E-state index in [1.54, 1.807) is 11.8 Å². The molecule has 20 heavy (non-hydrogen) atoms. The lowest BCUT2D eigenvalue weighted by molar-refractivity contribution is -0.120. The van der Waals surface area contributed by atoms with Crippen LogP contribution < -0.4 is 5.32 Å².